The summed E-state index contributed by atoms with van der Waals surface area (Å²) >= 11 is 0. The highest BCUT2D eigenvalue weighted by Crippen LogP contribution is 2.26. The number of rotatable bonds is 6. The summed E-state index contributed by atoms with van der Waals surface area (Å²) in [6, 6.07) is 16.9. The lowest BCUT2D eigenvalue weighted by Crippen LogP contribution is -2.22. The monoisotopic (exact) mass is 375 g/mol. The van der Waals surface area contributed by atoms with E-state index < -0.39 is 0 Å². The number of carbonyl (C=O) groups is 1. The third kappa shape index (κ3) is 4.55. The molecule has 0 aliphatic heterocycles. The summed E-state index contributed by atoms with van der Waals surface area (Å²) < 4.78 is 0. The number of hydrogen-bond donors (Lipinski definition) is 2. The van der Waals surface area contributed by atoms with Crippen molar-refractivity contribution in [3.05, 3.63) is 71.5 Å². The van der Waals surface area contributed by atoms with Gasteiger partial charge in [-0.1, -0.05) is 44.2 Å². The van der Waals surface area contributed by atoms with Crippen LogP contribution in [0.15, 0.2) is 54.6 Å². The van der Waals surface area contributed by atoms with E-state index in [0.717, 1.165) is 34.6 Å². The van der Waals surface area contributed by atoms with E-state index in [1.807, 2.05) is 63.2 Å². The minimum absolute atomic E-state index is 0.0529. The molecule has 5 heteroatoms. The first-order valence-electron chi connectivity index (χ1n) is 9.49. The van der Waals surface area contributed by atoms with Gasteiger partial charge in [0.15, 0.2) is 5.82 Å². The molecule has 1 unspecified atom stereocenters. The summed E-state index contributed by atoms with van der Waals surface area (Å²) in [5.41, 5.74) is 4.15. The zero-order valence-corrected chi connectivity index (χ0v) is 16.4. The zero-order chi connectivity index (χ0) is 20.1. The molecule has 1 atom stereocenters. The Labute approximate surface area is 165 Å². The second kappa shape index (κ2) is 8.65. The molecule has 28 heavy (non-hydrogen) atoms. The number of benzene rings is 2. The van der Waals surface area contributed by atoms with Gasteiger partial charge in [0.2, 0.25) is 5.91 Å². The maximum Gasteiger partial charge on any atom is 0.228 e. The SMILES string of the molecule is CCC(C)C(=O)Nc1nc(C)c(-c2ccc(O)cc2)nc1Cc1ccccc1. The van der Waals surface area contributed by atoms with E-state index >= 15 is 0 Å². The molecule has 0 aliphatic rings. The molecule has 0 aliphatic carbocycles. The normalized spacial score (nSPS) is 11.8. The Balaban J connectivity index is 2.03. The molecule has 3 rings (SSSR count). The molecule has 0 spiro atoms. The molecule has 0 radical (unpaired) electrons. The summed E-state index contributed by atoms with van der Waals surface area (Å²) in [7, 11) is 0. The van der Waals surface area contributed by atoms with Gasteiger partial charge in [-0.3, -0.25) is 4.79 Å². The van der Waals surface area contributed by atoms with Crippen LogP contribution in [0.5, 0.6) is 5.75 Å². The molecular formula is C23H25N3O2. The molecule has 0 fully saturated rings. The van der Waals surface area contributed by atoms with Crippen molar-refractivity contribution in [2.75, 3.05) is 5.32 Å². The number of amides is 1. The fourth-order valence-corrected chi connectivity index (χ4v) is 2.88. The van der Waals surface area contributed by atoms with E-state index in [-0.39, 0.29) is 17.6 Å². The van der Waals surface area contributed by atoms with Crippen LogP contribution in [0.25, 0.3) is 11.3 Å². The maximum atomic E-state index is 12.4. The predicted molar refractivity (Wildman–Crippen MR) is 111 cm³/mol. The van der Waals surface area contributed by atoms with Crippen LogP contribution < -0.4 is 5.32 Å². The summed E-state index contributed by atoms with van der Waals surface area (Å²) in [4.78, 5) is 22.0. The third-order valence-electron chi connectivity index (χ3n) is 4.80. The van der Waals surface area contributed by atoms with Gasteiger partial charge in [-0.2, -0.15) is 0 Å². The van der Waals surface area contributed by atoms with E-state index in [1.54, 1.807) is 12.1 Å². The lowest BCUT2D eigenvalue weighted by molar-refractivity contribution is -0.119. The highest BCUT2D eigenvalue weighted by atomic mass is 16.3. The number of carbonyl (C=O) groups excluding carboxylic acids is 1. The molecule has 144 valence electrons. The van der Waals surface area contributed by atoms with Crippen molar-refractivity contribution in [2.24, 2.45) is 5.92 Å². The lowest BCUT2D eigenvalue weighted by atomic mass is 10.1. The van der Waals surface area contributed by atoms with Gasteiger partial charge in [-0.15, -0.1) is 0 Å². The molecule has 1 amide bonds. The van der Waals surface area contributed by atoms with Crippen molar-refractivity contribution in [1.29, 1.82) is 0 Å². The number of hydrogen-bond acceptors (Lipinski definition) is 4. The molecular weight excluding hydrogens is 350 g/mol. The number of aromatic hydroxyl groups is 1. The van der Waals surface area contributed by atoms with Crippen LogP contribution >= 0.6 is 0 Å². The van der Waals surface area contributed by atoms with Gasteiger partial charge in [0.25, 0.3) is 0 Å². The molecule has 0 saturated carbocycles. The van der Waals surface area contributed by atoms with Crippen molar-refractivity contribution in [3.63, 3.8) is 0 Å². The minimum atomic E-state index is -0.0940. The molecule has 0 saturated heterocycles. The van der Waals surface area contributed by atoms with E-state index in [4.69, 9.17) is 4.98 Å². The summed E-state index contributed by atoms with van der Waals surface area (Å²) in [6.45, 7) is 5.76. The molecule has 1 aromatic heterocycles. The topological polar surface area (TPSA) is 75.1 Å². The Kier molecular flexibility index (Phi) is 6.04. The molecule has 3 aromatic rings. The van der Waals surface area contributed by atoms with Crippen LogP contribution in [0.2, 0.25) is 0 Å². The van der Waals surface area contributed by atoms with Crippen molar-refractivity contribution < 1.29 is 9.90 Å². The quantitative estimate of drug-likeness (QED) is 0.653. The number of anilines is 1. The second-order valence-electron chi connectivity index (χ2n) is 6.96. The van der Waals surface area contributed by atoms with Crippen LogP contribution in [0.1, 0.15) is 37.2 Å². The van der Waals surface area contributed by atoms with Crippen molar-refractivity contribution >= 4 is 11.7 Å². The minimum Gasteiger partial charge on any atom is -0.508 e. The van der Waals surface area contributed by atoms with Gasteiger partial charge >= 0.3 is 0 Å². The Morgan fingerprint density at radius 2 is 1.75 bits per heavy atom. The first-order chi connectivity index (χ1) is 13.5. The van der Waals surface area contributed by atoms with Gasteiger partial charge in [0.1, 0.15) is 5.75 Å². The average Bonchev–Trinajstić information content (AvgIpc) is 2.70. The standard InChI is InChI=1S/C23H25N3O2/c1-4-15(2)23(28)26-22-20(14-17-8-6-5-7-9-17)25-21(16(3)24-22)18-10-12-19(27)13-11-18/h5-13,15,27H,4,14H2,1-3H3,(H,24,26,28). The van der Waals surface area contributed by atoms with Crippen LogP contribution in [-0.2, 0) is 11.2 Å². The molecule has 2 N–H and O–H groups in total. The fourth-order valence-electron chi connectivity index (χ4n) is 2.88. The van der Waals surface area contributed by atoms with Gasteiger partial charge in [0.05, 0.1) is 17.1 Å². The first-order valence-corrected chi connectivity index (χ1v) is 9.49. The summed E-state index contributed by atoms with van der Waals surface area (Å²) in [5, 5.41) is 12.5. The van der Waals surface area contributed by atoms with Gasteiger partial charge < -0.3 is 10.4 Å². The second-order valence-corrected chi connectivity index (χ2v) is 6.96. The van der Waals surface area contributed by atoms with Crippen LogP contribution in [0, 0.1) is 12.8 Å². The molecule has 1 heterocycles. The Hall–Kier alpha value is -3.21. The van der Waals surface area contributed by atoms with E-state index in [2.05, 4.69) is 10.3 Å². The van der Waals surface area contributed by atoms with E-state index in [1.165, 1.54) is 0 Å². The summed E-state index contributed by atoms with van der Waals surface area (Å²) in [6.07, 6.45) is 1.33. The van der Waals surface area contributed by atoms with Gasteiger partial charge in [-0.25, -0.2) is 9.97 Å². The molecule has 0 bridgehead atoms. The zero-order valence-electron chi connectivity index (χ0n) is 16.4. The highest BCUT2D eigenvalue weighted by molar-refractivity contribution is 5.92. The first kappa shape index (κ1) is 19.5. The maximum absolute atomic E-state index is 12.4. The number of nitrogens with zero attached hydrogens (tertiary/aromatic N) is 2. The molecule has 2 aromatic carbocycles. The summed E-state index contributed by atoms with van der Waals surface area (Å²) in [5.74, 6) is 0.567. The van der Waals surface area contributed by atoms with E-state index in [0.29, 0.717) is 12.2 Å². The Morgan fingerprint density at radius 1 is 1.07 bits per heavy atom. The Morgan fingerprint density at radius 3 is 2.39 bits per heavy atom. The highest BCUT2D eigenvalue weighted by Gasteiger charge is 2.18. The number of aryl methyl sites for hydroxylation is 1. The predicted octanol–water partition coefficient (Wildman–Crippen LogP) is 4.73. The lowest BCUT2D eigenvalue weighted by Gasteiger charge is -2.16. The van der Waals surface area contributed by atoms with Crippen LogP contribution in [0.3, 0.4) is 0 Å². The number of phenolic OH excluding ortho intramolecular Hbond substituents is 1. The van der Waals surface area contributed by atoms with Crippen LogP contribution in [-0.4, -0.2) is 21.0 Å². The average molecular weight is 375 g/mol. The van der Waals surface area contributed by atoms with E-state index in [9.17, 15) is 9.90 Å². The number of aromatic nitrogens is 2. The number of nitrogens with one attached hydrogen (secondary N) is 1. The van der Waals surface area contributed by atoms with Crippen molar-refractivity contribution in [1.82, 2.24) is 9.97 Å². The van der Waals surface area contributed by atoms with Crippen LogP contribution in [0.4, 0.5) is 5.82 Å². The fraction of sp³-hybridized carbons (Fsp3) is 0.261. The largest absolute Gasteiger partial charge is 0.508 e. The van der Waals surface area contributed by atoms with Crippen molar-refractivity contribution in [3.8, 4) is 17.0 Å². The molecule has 5 nitrogen and oxygen atoms in total. The van der Waals surface area contributed by atoms with Gasteiger partial charge in [0, 0.05) is 17.9 Å². The van der Waals surface area contributed by atoms with Gasteiger partial charge in [-0.05, 0) is 43.2 Å². The smallest absolute Gasteiger partial charge is 0.228 e. The number of phenols is 1. The Bertz CT molecular complexity index is 954. The van der Waals surface area contributed by atoms with Crippen molar-refractivity contribution in [2.45, 2.75) is 33.6 Å². The third-order valence-corrected chi connectivity index (χ3v) is 4.80.